The average Bonchev–Trinajstić information content (AvgIpc) is 3.01. The first-order chi connectivity index (χ1) is 21.7. The first-order valence-electron chi connectivity index (χ1n) is 18.8. The minimum Gasteiger partial charge on any atom is -0.550 e. The maximum absolute atomic E-state index is 12.0. The molecule has 0 aromatic carbocycles. The van der Waals surface area contributed by atoms with Crippen molar-refractivity contribution in [3.63, 3.8) is 0 Å². The quantitative estimate of drug-likeness (QED) is 0.0422. The Morgan fingerprint density at radius 3 is 1.20 bits per heavy atom. The molecule has 7 heteroatoms. The van der Waals surface area contributed by atoms with Crippen molar-refractivity contribution < 1.29 is 34.2 Å². The molecule has 0 amide bonds. The second-order valence-electron chi connectivity index (χ2n) is 13.6. The van der Waals surface area contributed by atoms with Crippen LogP contribution in [0.2, 0.25) is 0 Å². The Bertz CT molecular complexity index is 722. The number of carbonyl (C=O) groups excluding carboxylic acids is 1. The lowest BCUT2D eigenvalue weighted by molar-refractivity contribution is -0.935. The van der Waals surface area contributed by atoms with Crippen LogP contribution >= 0.6 is 0 Å². The molecular weight excluding hydrogens is 566 g/mol. The van der Waals surface area contributed by atoms with Gasteiger partial charge in [0.05, 0.1) is 32.1 Å². The number of nitrogens with zero attached hydrogens (tertiary/aromatic N) is 1. The number of carboxylic acids is 3. The number of quaternary nitrogens is 1. The molecule has 0 fully saturated rings. The number of aliphatic carboxylic acids is 3. The van der Waals surface area contributed by atoms with E-state index in [0.717, 1.165) is 32.1 Å². The van der Waals surface area contributed by atoms with Crippen LogP contribution in [0, 0.1) is 17.8 Å². The van der Waals surface area contributed by atoms with E-state index in [4.69, 9.17) is 0 Å². The summed E-state index contributed by atoms with van der Waals surface area (Å²) in [6, 6.07) is 0. The Labute approximate surface area is 276 Å². The van der Waals surface area contributed by atoms with E-state index in [2.05, 4.69) is 19.1 Å². The third-order valence-electron chi connectivity index (χ3n) is 9.73. The van der Waals surface area contributed by atoms with Gasteiger partial charge < -0.3 is 24.6 Å². The summed E-state index contributed by atoms with van der Waals surface area (Å²) in [6.45, 7) is 9.01. The van der Waals surface area contributed by atoms with Gasteiger partial charge in [-0.05, 0) is 57.8 Å². The van der Waals surface area contributed by atoms with Crippen molar-refractivity contribution in [2.75, 3.05) is 26.2 Å². The number of carboxylic acid groups (broad SMARTS) is 3. The van der Waals surface area contributed by atoms with Gasteiger partial charge in [0.2, 0.25) is 0 Å². The van der Waals surface area contributed by atoms with E-state index in [-0.39, 0.29) is 24.1 Å². The Balaban J connectivity index is 4.55. The van der Waals surface area contributed by atoms with Gasteiger partial charge >= 0.3 is 11.9 Å². The number of allylic oxidation sites excluding steroid dienone is 2. The number of rotatable bonds is 33. The average molecular weight is 638 g/mol. The fourth-order valence-electron chi connectivity index (χ4n) is 6.61. The molecular formula is C38H71NO6. The highest BCUT2D eigenvalue weighted by Crippen LogP contribution is 2.25. The van der Waals surface area contributed by atoms with E-state index in [1.807, 2.05) is 13.8 Å². The van der Waals surface area contributed by atoms with Crippen LogP contribution in [-0.4, -0.2) is 58.8 Å². The van der Waals surface area contributed by atoms with E-state index in [0.29, 0.717) is 25.8 Å². The zero-order valence-electron chi connectivity index (χ0n) is 29.7. The van der Waals surface area contributed by atoms with E-state index in [1.165, 1.54) is 89.9 Å². The molecule has 2 N–H and O–H groups in total. The van der Waals surface area contributed by atoms with Crippen molar-refractivity contribution in [1.82, 2.24) is 0 Å². The zero-order chi connectivity index (χ0) is 33.8. The van der Waals surface area contributed by atoms with Gasteiger partial charge in [0, 0.05) is 5.92 Å². The molecule has 0 aliphatic carbocycles. The molecule has 0 spiro atoms. The molecule has 3 atom stereocenters. The van der Waals surface area contributed by atoms with Gasteiger partial charge in [-0.15, -0.1) is 0 Å². The molecule has 0 aromatic rings. The van der Waals surface area contributed by atoms with Crippen LogP contribution in [0.5, 0.6) is 0 Å². The predicted molar refractivity (Wildman–Crippen MR) is 184 cm³/mol. The Hall–Kier alpha value is -1.89. The summed E-state index contributed by atoms with van der Waals surface area (Å²) in [6.07, 6.45) is 29.9. The lowest BCUT2D eigenvalue weighted by Crippen LogP contribution is -2.59. The van der Waals surface area contributed by atoms with Crippen LogP contribution in [0.15, 0.2) is 12.2 Å². The minimum atomic E-state index is -1.14. The Morgan fingerprint density at radius 1 is 0.533 bits per heavy atom. The molecule has 0 bridgehead atoms. The summed E-state index contributed by atoms with van der Waals surface area (Å²) in [7, 11) is 0. The second kappa shape index (κ2) is 28.3. The van der Waals surface area contributed by atoms with Crippen molar-refractivity contribution in [2.45, 2.75) is 169 Å². The summed E-state index contributed by atoms with van der Waals surface area (Å²) in [5, 5.41) is 31.5. The van der Waals surface area contributed by atoms with E-state index in [1.54, 1.807) is 6.92 Å². The van der Waals surface area contributed by atoms with Gasteiger partial charge in [0.25, 0.3) is 0 Å². The van der Waals surface area contributed by atoms with Crippen LogP contribution in [0.25, 0.3) is 0 Å². The van der Waals surface area contributed by atoms with Gasteiger partial charge in [-0.25, -0.2) is 0 Å². The number of carbonyl (C=O) groups is 3. The molecule has 0 aliphatic rings. The molecule has 7 nitrogen and oxygen atoms in total. The summed E-state index contributed by atoms with van der Waals surface area (Å²) < 4.78 is 0.205. The zero-order valence-corrected chi connectivity index (χ0v) is 29.7. The monoisotopic (exact) mass is 638 g/mol. The van der Waals surface area contributed by atoms with Crippen molar-refractivity contribution >= 4 is 17.9 Å². The molecule has 0 heterocycles. The SMILES string of the molecule is CCCCCCCCCCCCCCCC/C=C/CCCCC[N+](CC(CC)C(=O)[O-])(CC(CC)C(=O)O)CC(CC)C(=O)O. The van der Waals surface area contributed by atoms with Gasteiger partial charge in [-0.1, -0.05) is 123 Å². The Morgan fingerprint density at radius 2 is 0.867 bits per heavy atom. The highest BCUT2D eigenvalue weighted by Gasteiger charge is 2.39. The molecule has 0 rings (SSSR count). The first-order valence-corrected chi connectivity index (χ1v) is 18.8. The third kappa shape index (κ3) is 22.3. The smallest absolute Gasteiger partial charge is 0.312 e. The lowest BCUT2D eigenvalue weighted by Gasteiger charge is -2.44. The largest absolute Gasteiger partial charge is 0.550 e. The summed E-state index contributed by atoms with van der Waals surface area (Å²) >= 11 is 0. The summed E-state index contributed by atoms with van der Waals surface area (Å²) in [5.41, 5.74) is 0. The highest BCUT2D eigenvalue weighted by molar-refractivity contribution is 5.70. The van der Waals surface area contributed by atoms with Crippen LogP contribution < -0.4 is 5.11 Å². The molecule has 0 saturated carbocycles. The second-order valence-corrected chi connectivity index (χ2v) is 13.6. The van der Waals surface area contributed by atoms with Crippen molar-refractivity contribution in [3.8, 4) is 0 Å². The van der Waals surface area contributed by atoms with Crippen molar-refractivity contribution in [2.24, 2.45) is 17.8 Å². The molecule has 0 radical (unpaired) electrons. The summed E-state index contributed by atoms with van der Waals surface area (Å²) in [4.78, 5) is 35.9. The van der Waals surface area contributed by atoms with Gasteiger partial charge in [-0.2, -0.15) is 0 Å². The van der Waals surface area contributed by atoms with E-state index < -0.39 is 35.7 Å². The Kier molecular flexibility index (Phi) is 27.2. The lowest BCUT2D eigenvalue weighted by atomic mass is 9.95. The van der Waals surface area contributed by atoms with E-state index in [9.17, 15) is 29.7 Å². The predicted octanol–water partition coefficient (Wildman–Crippen LogP) is 8.79. The molecule has 0 saturated heterocycles. The minimum absolute atomic E-state index is 0.205. The van der Waals surface area contributed by atoms with Crippen LogP contribution in [0.3, 0.4) is 0 Å². The number of hydrogen-bond acceptors (Lipinski definition) is 4. The van der Waals surface area contributed by atoms with Crippen molar-refractivity contribution in [1.29, 1.82) is 0 Å². The molecule has 3 unspecified atom stereocenters. The van der Waals surface area contributed by atoms with Gasteiger partial charge in [0.1, 0.15) is 11.8 Å². The summed E-state index contributed by atoms with van der Waals surface area (Å²) in [5.74, 6) is -4.99. The molecule has 0 aromatic heterocycles. The fraction of sp³-hybridized carbons (Fsp3) is 0.868. The van der Waals surface area contributed by atoms with Crippen LogP contribution in [-0.2, 0) is 14.4 Å². The number of unbranched alkanes of at least 4 members (excludes halogenated alkanes) is 17. The van der Waals surface area contributed by atoms with Crippen LogP contribution in [0.1, 0.15) is 169 Å². The van der Waals surface area contributed by atoms with E-state index >= 15 is 0 Å². The number of hydrogen-bond donors (Lipinski definition) is 2. The normalized spacial score (nSPS) is 15.1. The molecule has 45 heavy (non-hydrogen) atoms. The van der Waals surface area contributed by atoms with Crippen LogP contribution in [0.4, 0.5) is 0 Å². The van der Waals surface area contributed by atoms with Gasteiger partial charge in [0.15, 0.2) is 0 Å². The maximum atomic E-state index is 12.0. The maximum Gasteiger partial charge on any atom is 0.312 e. The fourth-order valence-corrected chi connectivity index (χ4v) is 6.61. The molecule has 0 aliphatic heterocycles. The highest BCUT2D eigenvalue weighted by atomic mass is 16.4. The third-order valence-corrected chi connectivity index (χ3v) is 9.73. The van der Waals surface area contributed by atoms with Gasteiger partial charge in [-0.3, -0.25) is 9.59 Å². The van der Waals surface area contributed by atoms with Crippen molar-refractivity contribution in [3.05, 3.63) is 12.2 Å². The standard InChI is InChI=1S/C38H71NO6/c1-5-9-10-11-12-13-14-15-16-17-18-19-20-21-22-23-24-25-26-27-28-29-39(30-33(6-2)36(40)41,31-34(7-3)37(42)43)32-35(8-4)38(44)45/h23-24,33-35H,5-22,25-32H2,1-4H3,(H2-,40,41,42,43,44,45)/b24-23+. The molecule has 264 valence electrons. The first kappa shape index (κ1) is 43.1. The topological polar surface area (TPSA) is 115 Å².